The minimum absolute atomic E-state index is 0.0398. The van der Waals surface area contributed by atoms with E-state index >= 15 is 0 Å². The van der Waals surface area contributed by atoms with Gasteiger partial charge in [-0.15, -0.1) is 11.8 Å². The average molecular weight is 397 g/mol. The molecule has 1 amide bonds. The third-order valence-corrected chi connectivity index (χ3v) is 6.38. The number of nitrogens with one attached hydrogen (secondary N) is 1. The van der Waals surface area contributed by atoms with Crippen molar-refractivity contribution in [3.05, 3.63) is 60.2 Å². The molecule has 146 valence electrons. The smallest absolute Gasteiger partial charge is 0.244 e. The van der Waals surface area contributed by atoms with Gasteiger partial charge in [-0.3, -0.25) is 4.79 Å². The summed E-state index contributed by atoms with van der Waals surface area (Å²) >= 11 is 1.83. The van der Waals surface area contributed by atoms with Crippen molar-refractivity contribution in [2.75, 3.05) is 26.6 Å². The number of hydrogen-bond acceptors (Lipinski definition) is 5. The Morgan fingerprint density at radius 3 is 2.68 bits per heavy atom. The van der Waals surface area contributed by atoms with Gasteiger partial charge in [-0.25, -0.2) is 0 Å². The van der Waals surface area contributed by atoms with Crippen LogP contribution in [0, 0.1) is 0 Å². The quantitative estimate of drug-likeness (QED) is 0.750. The standard InChI is InChI=1S/C22H23NO4S/c24-21(9-7-17-6-8-19-20(14-17)27-16-26-19)23-15-22(10-12-25-13-11-22)28-18-4-2-1-3-5-18/h1-9,14H,10-13,15-16H2,(H,23,24). The molecular weight excluding hydrogens is 374 g/mol. The number of benzene rings is 2. The van der Waals surface area contributed by atoms with Gasteiger partial charge in [-0.2, -0.15) is 0 Å². The second kappa shape index (κ2) is 8.71. The first kappa shape index (κ1) is 18.9. The molecule has 5 nitrogen and oxygen atoms in total. The Morgan fingerprint density at radius 2 is 1.86 bits per heavy atom. The van der Waals surface area contributed by atoms with Crippen molar-refractivity contribution >= 4 is 23.7 Å². The minimum atomic E-state index is -0.0998. The Bertz CT molecular complexity index is 847. The van der Waals surface area contributed by atoms with Gasteiger partial charge in [-0.05, 0) is 48.7 Å². The summed E-state index contributed by atoms with van der Waals surface area (Å²) in [7, 11) is 0. The number of fused-ring (bicyclic) bond motifs is 1. The van der Waals surface area contributed by atoms with Crippen LogP contribution < -0.4 is 14.8 Å². The van der Waals surface area contributed by atoms with Crippen molar-refractivity contribution in [1.82, 2.24) is 5.32 Å². The third-order valence-electron chi connectivity index (χ3n) is 4.89. The zero-order valence-electron chi connectivity index (χ0n) is 15.6. The summed E-state index contributed by atoms with van der Waals surface area (Å²) in [5.41, 5.74) is 0.902. The van der Waals surface area contributed by atoms with Crippen LogP contribution in [-0.4, -0.2) is 37.2 Å². The predicted molar refractivity (Wildman–Crippen MR) is 110 cm³/mol. The molecule has 1 N–H and O–H groups in total. The van der Waals surface area contributed by atoms with Crippen LogP contribution in [0.5, 0.6) is 11.5 Å². The average Bonchev–Trinajstić information content (AvgIpc) is 3.20. The van der Waals surface area contributed by atoms with Gasteiger partial charge in [0.2, 0.25) is 12.7 Å². The van der Waals surface area contributed by atoms with Gasteiger partial charge in [0.15, 0.2) is 11.5 Å². The number of rotatable bonds is 6. The second-order valence-corrected chi connectivity index (χ2v) is 8.42. The summed E-state index contributed by atoms with van der Waals surface area (Å²) in [6.45, 7) is 2.31. The van der Waals surface area contributed by atoms with Crippen molar-refractivity contribution in [2.45, 2.75) is 22.5 Å². The predicted octanol–water partition coefficient (Wildman–Crippen LogP) is 3.89. The maximum absolute atomic E-state index is 12.4. The van der Waals surface area contributed by atoms with Crippen LogP contribution in [0.15, 0.2) is 59.5 Å². The Kier molecular flexibility index (Phi) is 5.88. The van der Waals surface area contributed by atoms with Crippen molar-refractivity contribution in [3.8, 4) is 11.5 Å². The summed E-state index contributed by atoms with van der Waals surface area (Å²) in [6.07, 6.45) is 5.19. The molecule has 2 aliphatic rings. The van der Waals surface area contributed by atoms with Crippen LogP contribution in [0.25, 0.3) is 6.08 Å². The molecule has 0 spiro atoms. The van der Waals surface area contributed by atoms with E-state index in [-0.39, 0.29) is 17.4 Å². The van der Waals surface area contributed by atoms with Gasteiger partial charge in [0.1, 0.15) is 0 Å². The van der Waals surface area contributed by atoms with Gasteiger partial charge >= 0.3 is 0 Å². The van der Waals surface area contributed by atoms with Gasteiger partial charge in [0.05, 0.1) is 0 Å². The molecule has 2 aliphatic heterocycles. The largest absolute Gasteiger partial charge is 0.454 e. The molecule has 0 saturated carbocycles. The van der Waals surface area contributed by atoms with Crippen LogP contribution >= 0.6 is 11.8 Å². The molecule has 0 aromatic heterocycles. The highest BCUT2D eigenvalue weighted by Crippen LogP contribution is 2.40. The highest BCUT2D eigenvalue weighted by molar-refractivity contribution is 8.00. The molecule has 0 atom stereocenters. The Morgan fingerprint density at radius 1 is 1.07 bits per heavy atom. The van der Waals surface area contributed by atoms with E-state index in [1.54, 1.807) is 12.2 Å². The summed E-state index contributed by atoms with van der Waals surface area (Å²) < 4.78 is 16.2. The zero-order valence-corrected chi connectivity index (χ0v) is 16.4. The van der Waals surface area contributed by atoms with Crippen molar-refractivity contribution < 1.29 is 19.0 Å². The number of hydrogen-bond donors (Lipinski definition) is 1. The van der Waals surface area contributed by atoms with E-state index in [4.69, 9.17) is 14.2 Å². The van der Waals surface area contributed by atoms with E-state index in [0.717, 1.165) is 37.4 Å². The molecule has 2 aromatic rings. The lowest BCUT2D eigenvalue weighted by Crippen LogP contribution is -2.44. The highest BCUT2D eigenvalue weighted by Gasteiger charge is 2.34. The maximum atomic E-state index is 12.4. The summed E-state index contributed by atoms with van der Waals surface area (Å²) in [4.78, 5) is 13.6. The topological polar surface area (TPSA) is 56.8 Å². The Hall–Kier alpha value is -2.44. The van der Waals surface area contributed by atoms with Crippen molar-refractivity contribution in [1.29, 1.82) is 0 Å². The number of carbonyl (C=O) groups excluding carboxylic acids is 1. The SMILES string of the molecule is O=C(C=Cc1ccc2c(c1)OCO2)NCC1(Sc2ccccc2)CCOCC1. The molecule has 0 radical (unpaired) electrons. The normalized spacial score (nSPS) is 17.6. The number of thioether (sulfide) groups is 1. The Labute approximate surface area is 169 Å². The van der Waals surface area contributed by atoms with Crippen LogP contribution in [0.2, 0.25) is 0 Å². The molecule has 1 fully saturated rings. The molecular formula is C22H23NO4S. The van der Waals surface area contributed by atoms with Crippen LogP contribution in [0.4, 0.5) is 0 Å². The monoisotopic (exact) mass is 397 g/mol. The first-order chi connectivity index (χ1) is 13.7. The van der Waals surface area contributed by atoms with Gasteiger partial charge in [0.25, 0.3) is 0 Å². The molecule has 4 rings (SSSR count). The fraction of sp³-hybridized carbons (Fsp3) is 0.318. The molecule has 0 unspecified atom stereocenters. The fourth-order valence-corrected chi connectivity index (χ4v) is 4.60. The molecule has 6 heteroatoms. The lowest BCUT2D eigenvalue weighted by molar-refractivity contribution is -0.116. The molecule has 0 bridgehead atoms. The van der Waals surface area contributed by atoms with E-state index in [9.17, 15) is 4.79 Å². The van der Waals surface area contributed by atoms with Crippen LogP contribution in [-0.2, 0) is 9.53 Å². The molecule has 28 heavy (non-hydrogen) atoms. The van der Waals surface area contributed by atoms with Gasteiger partial charge < -0.3 is 19.5 Å². The molecule has 2 aromatic carbocycles. The van der Waals surface area contributed by atoms with Gasteiger partial charge in [-0.1, -0.05) is 24.3 Å². The first-order valence-electron chi connectivity index (χ1n) is 9.40. The first-order valence-corrected chi connectivity index (χ1v) is 10.2. The van der Waals surface area contributed by atoms with Crippen LogP contribution in [0.3, 0.4) is 0 Å². The van der Waals surface area contributed by atoms with E-state index in [1.807, 2.05) is 48.2 Å². The molecule has 0 aliphatic carbocycles. The number of amides is 1. The molecule has 1 saturated heterocycles. The van der Waals surface area contributed by atoms with E-state index in [1.165, 1.54) is 4.90 Å². The molecule has 2 heterocycles. The van der Waals surface area contributed by atoms with E-state index in [2.05, 4.69) is 17.4 Å². The number of ether oxygens (including phenoxy) is 3. The minimum Gasteiger partial charge on any atom is -0.454 e. The summed E-state index contributed by atoms with van der Waals surface area (Å²) in [5, 5.41) is 3.08. The maximum Gasteiger partial charge on any atom is 0.244 e. The zero-order chi connectivity index (χ0) is 19.2. The lowest BCUT2D eigenvalue weighted by atomic mass is 9.99. The van der Waals surface area contributed by atoms with Gasteiger partial charge in [0, 0.05) is 35.5 Å². The van der Waals surface area contributed by atoms with Crippen molar-refractivity contribution in [3.63, 3.8) is 0 Å². The van der Waals surface area contributed by atoms with Crippen molar-refractivity contribution in [2.24, 2.45) is 0 Å². The lowest BCUT2D eigenvalue weighted by Gasteiger charge is -2.36. The summed E-state index contributed by atoms with van der Waals surface area (Å²) in [5.74, 6) is 1.35. The summed E-state index contributed by atoms with van der Waals surface area (Å²) in [6, 6.07) is 16.0. The second-order valence-electron chi connectivity index (χ2n) is 6.87. The van der Waals surface area contributed by atoms with Crippen LogP contribution in [0.1, 0.15) is 18.4 Å². The third kappa shape index (κ3) is 4.69. The fourth-order valence-electron chi connectivity index (χ4n) is 3.29. The van der Waals surface area contributed by atoms with E-state index in [0.29, 0.717) is 12.3 Å². The Balaban J connectivity index is 1.37. The number of carbonyl (C=O) groups is 1. The highest BCUT2D eigenvalue weighted by atomic mass is 32.2. The van der Waals surface area contributed by atoms with E-state index < -0.39 is 0 Å².